The molecule has 0 fully saturated rings. The summed E-state index contributed by atoms with van der Waals surface area (Å²) >= 11 is 0. The molecule has 0 bridgehead atoms. The van der Waals surface area contributed by atoms with Crippen LogP contribution in [0.5, 0.6) is 0 Å². The lowest BCUT2D eigenvalue weighted by atomic mass is 10.0. The average molecular weight is 408 g/mol. The van der Waals surface area contributed by atoms with Crippen molar-refractivity contribution in [2.45, 2.75) is 19.8 Å². The first-order valence-corrected chi connectivity index (χ1v) is 10.1. The molecule has 3 aromatic heterocycles. The number of fused-ring (bicyclic) bond motifs is 2. The second-order valence-corrected chi connectivity index (χ2v) is 7.66. The van der Waals surface area contributed by atoms with Crippen LogP contribution in [0.25, 0.3) is 33.3 Å². The van der Waals surface area contributed by atoms with Gasteiger partial charge >= 0.3 is 0 Å². The maximum atomic E-state index is 13.3. The Bertz CT molecular complexity index is 1410. The number of amides is 1. The van der Waals surface area contributed by atoms with E-state index >= 15 is 0 Å². The van der Waals surface area contributed by atoms with Crippen LogP contribution >= 0.6 is 0 Å². The van der Waals surface area contributed by atoms with E-state index in [1.807, 2.05) is 68.4 Å². The molecule has 3 heterocycles. The molecule has 31 heavy (non-hydrogen) atoms. The zero-order chi connectivity index (χ0) is 21.4. The van der Waals surface area contributed by atoms with E-state index < -0.39 is 0 Å². The van der Waals surface area contributed by atoms with E-state index in [4.69, 9.17) is 9.40 Å². The van der Waals surface area contributed by atoms with Crippen LogP contribution in [0.1, 0.15) is 36.0 Å². The molecule has 0 aliphatic rings. The van der Waals surface area contributed by atoms with Crippen molar-refractivity contribution in [2.24, 2.45) is 0 Å². The highest BCUT2D eigenvalue weighted by atomic mass is 16.3. The molecule has 5 rings (SSSR count). The Labute approximate surface area is 179 Å². The van der Waals surface area contributed by atoms with Crippen molar-refractivity contribution in [1.29, 1.82) is 0 Å². The monoisotopic (exact) mass is 408 g/mol. The summed E-state index contributed by atoms with van der Waals surface area (Å²) in [4.78, 5) is 26.7. The molecule has 0 radical (unpaired) electrons. The largest absolute Gasteiger partial charge is 0.440 e. The quantitative estimate of drug-likeness (QED) is 0.406. The average Bonchev–Trinajstić information content (AvgIpc) is 3.23. The van der Waals surface area contributed by atoms with Crippen LogP contribution in [0.15, 0.2) is 77.5 Å². The Morgan fingerprint density at radius 3 is 2.65 bits per heavy atom. The summed E-state index contributed by atoms with van der Waals surface area (Å²) in [5.41, 5.74) is 4.94. The van der Waals surface area contributed by atoms with Crippen molar-refractivity contribution in [2.75, 3.05) is 5.32 Å². The van der Waals surface area contributed by atoms with Crippen molar-refractivity contribution in [3.05, 3.63) is 84.5 Å². The zero-order valence-electron chi connectivity index (χ0n) is 17.2. The number of anilines is 1. The number of oxazole rings is 1. The number of hydrogen-bond donors (Lipinski definition) is 1. The van der Waals surface area contributed by atoms with Gasteiger partial charge in [0, 0.05) is 34.9 Å². The number of pyridine rings is 2. The molecule has 0 saturated heterocycles. The van der Waals surface area contributed by atoms with Gasteiger partial charge in [-0.05, 0) is 42.5 Å². The van der Waals surface area contributed by atoms with Crippen molar-refractivity contribution < 1.29 is 9.21 Å². The molecule has 0 atom stereocenters. The van der Waals surface area contributed by atoms with Crippen molar-refractivity contribution in [3.8, 4) is 11.3 Å². The van der Waals surface area contributed by atoms with Crippen molar-refractivity contribution >= 4 is 33.6 Å². The molecular formula is C25H20N4O2. The third kappa shape index (κ3) is 3.64. The van der Waals surface area contributed by atoms with E-state index in [9.17, 15) is 4.79 Å². The summed E-state index contributed by atoms with van der Waals surface area (Å²) in [5, 5.41) is 3.78. The fourth-order valence-electron chi connectivity index (χ4n) is 3.49. The zero-order valence-corrected chi connectivity index (χ0v) is 17.2. The molecule has 6 nitrogen and oxygen atoms in total. The topological polar surface area (TPSA) is 80.9 Å². The first-order valence-electron chi connectivity index (χ1n) is 10.1. The number of para-hydroxylation sites is 1. The maximum Gasteiger partial charge on any atom is 0.256 e. The van der Waals surface area contributed by atoms with E-state index in [-0.39, 0.29) is 11.8 Å². The molecule has 152 valence electrons. The molecule has 1 amide bonds. The molecule has 2 aromatic carbocycles. The number of hydrogen-bond acceptors (Lipinski definition) is 5. The standard InChI is InChI=1S/C25H20N4O2/c1-15(2)25-29-22-12-17(9-10-23(22)31-25)27-24(30)19-13-21(16-6-5-11-26-14-16)28-20-8-4-3-7-18(19)20/h3-15H,1-2H3,(H,27,30). The minimum atomic E-state index is -0.212. The van der Waals surface area contributed by atoms with Gasteiger partial charge in [0.2, 0.25) is 0 Å². The number of carbonyl (C=O) groups excluding carboxylic acids is 1. The highest BCUT2D eigenvalue weighted by Gasteiger charge is 2.15. The van der Waals surface area contributed by atoms with Gasteiger partial charge in [-0.1, -0.05) is 32.0 Å². The van der Waals surface area contributed by atoms with Gasteiger partial charge in [0.25, 0.3) is 5.91 Å². The summed E-state index contributed by atoms with van der Waals surface area (Å²) in [7, 11) is 0. The summed E-state index contributed by atoms with van der Waals surface area (Å²) in [6.45, 7) is 4.06. The highest BCUT2D eigenvalue weighted by molar-refractivity contribution is 6.13. The molecule has 0 spiro atoms. The first-order chi connectivity index (χ1) is 15.1. The fourth-order valence-corrected chi connectivity index (χ4v) is 3.49. The van der Waals surface area contributed by atoms with Crippen LogP contribution in [0.2, 0.25) is 0 Å². The summed E-state index contributed by atoms with van der Waals surface area (Å²) in [5.74, 6) is 0.662. The van der Waals surface area contributed by atoms with Gasteiger partial charge in [-0.15, -0.1) is 0 Å². The molecule has 5 aromatic rings. The summed E-state index contributed by atoms with van der Waals surface area (Å²) in [6, 6.07) is 18.7. The number of nitrogens with zero attached hydrogens (tertiary/aromatic N) is 3. The molecule has 6 heteroatoms. The minimum Gasteiger partial charge on any atom is -0.440 e. The summed E-state index contributed by atoms with van der Waals surface area (Å²) < 4.78 is 5.76. The Balaban J connectivity index is 1.54. The number of benzene rings is 2. The SMILES string of the molecule is CC(C)c1nc2cc(NC(=O)c3cc(-c4cccnc4)nc4ccccc34)ccc2o1. The maximum absolute atomic E-state index is 13.3. The Kier molecular flexibility index (Phi) is 4.67. The second-order valence-electron chi connectivity index (χ2n) is 7.66. The van der Waals surface area contributed by atoms with E-state index in [0.717, 1.165) is 22.0 Å². The van der Waals surface area contributed by atoms with Crippen LogP contribution in [-0.2, 0) is 0 Å². The highest BCUT2D eigenvalue weighted by Crippen LogP contribution is 2.27. The third-order valence-corrected chi connectivity index (χ3v) is 5.07. The normalized spacial score (nSPS) is 11.3. The molecule has 0 aliphatic heterocycles. The Morgan fingerprint density at radius 1 is 0.968 bits per heavy atom. The Hall–Kier alpha value is -4.06. The lowest BCUT2D eigenvalue weighted by molar-refractivity contribution is 0.102. The second kappa shape index (κ2) is 7.65. The smallest absolute Gasteiger partial charge is 0.256 e. The number of nitrogens with one attached hydrogen (secondary N) is 1. The van der Waals surface area contributed by atoms with Gasteiger partial charge in [-0.25, -0.2) is 9.97 Å². The number of rotatable bonds is 4. The number of aromatic nitrogens is 3. The molecule has 0 aliphatic carbocycles. The predicted octanol–water partition coefficient (Wildman–Crippen LogP) is 5.81. The van der Waals surface area contributed by atoms with Crippen LogP contribution in [0, 0.1) is 0 Å². The summed E-state index contributed by atoms with van der Waals surface area (Å²) in [6.07, 6.45) is 3.45. The van der Waals surface area contributed by atoms with E-state index in [0.29, 0.717) is 28.4 Å². The van der Waals surface area contributed by atoms with E-state index in [1.165, 1.54) is 0 Å². The van der Waals surface area contributed by atoms with Crippen LogP contribution in [0.3, 0.4) is 0 Å². The molecule has 1 N–H and O–H groups in total. The molecule has 0 saturated carbocycles. The van der Waals surface area contributed by atoms with Gasteiger partial charge in [0.1, 0.15) is 5.52 Å². The lowest BCUT2D eigenvalue weighted by Crippen LogP contribution is -2.13. The van der Waals surface area contributed by atoms with Gasteiger partial charge in [-0.3, -0.25) is 9.78 Å². The Morgan fingerprint density at radius 2 is 1.84 bits per heavy atom. The molecular weight excluding hydrogens is 388 g/mol. The van der Waals surface area contributed by atoms with Gasteiger partial charge in [0.05, 0.1) is 16.8 Å². The van der Waals surface area contributed by atoms with Gasteiger partial charge < -0.3 is 9.73 Å². The first kappa shape index (κ1) is 18.9. The third-order valence-electron chi connectivity index (χ3n) is 5.07. The van der Waals surface area contributed by atoms with E-state index in [1.54, 1.807) is 18.5 Å². The fraction of sp³-hybridized carbons (Fsp3) is 0.120. The van der Waals surface area contributed by atoms with Crippen LogP contribution in [-0.4, -0.2) is 20.9 Å². The van der Waals surface area contributed by atoms with Crippen LogP contribution < -0.4 is 5.32 Å². The predicted molar refractivity (Wildman–Crippen MR) is 121 cm³/mol. The van der Waals surface area contributed by atoms with Gasteiger partial charge in [0.15, 0.2) is 11.5 Å². The van der Waals surface area contributed by atoms with E-state index in [2.05, 4.69) is 15.3 Å². The lowest BCUT2D eigenvalue weighted by Gasteiger charge is -2.10. The van der Waals surface area contributed by atoms with Gasteiger partial charge in [-0.2, -0.15) is 0 Å². The van der Waals surface area contributed by atoms with Crippen molar-refractivity contribution in [1.82, 2.24) is 15.0 Å². The van der Waals surface area contributed by atoms with Crippen LogP contribution in [0.4, 0.5) is 5.69 Å². The number of carbonyl (C=O) groups is 1. The minimum absolute atomic E-state index is 0.194. The molecule has 0 unspecified atom stereocenters. The van der Waals surface area contributed by atoms with Crippen molar-refractivity contribution in [3.63, 3.8) is 0 Å².